The summed E-state index contributed by atoms with van der Waals surface area (Å²) in [6.45, 7) is 0.0146. The molecule has 0 unspecified atom stereocenters. The van der Waals surface area contributed by atoms with Crippen molar-refractivity contribution in [1.29, 1.82) is 0 Å². The van der Waals surface area contributed by atoms with Gasteiger partial charge in [-0.25, -0.2) is 4.39 Å². The summed E-state index contributed by atoms with van der Waals surface area (Å²) >= 11 is 0. The molecule has 0 spiro atoms. The number of hydrogen-bond acceptors (Lipinski definition) is 2. The smallest absolute Gasteiger partial charge is 0.230 e. The van der Waals surface area contributed by atoms with Gasteiger partial charge in [-0.05, 0) is 12.1 Å². The van der Waals surface area contributed by atoms with E-state index in [1.54, 1.807) is 53.4 Å². The molecule has 1 heterocycles. The van der Waals surface area contributed by atoms with Gasteiger partial charge in [0, 0.05) is 23.3 Å². The Morgan fingerprint density at radius 2 is 1.38 bits per heavy atom. The highest BCUT2D eigenvalue weighted by Gasteiger charge is 2.16. The molecule has 0 fully saturated rings. The first-order valence-corrected chi connectivity index (χ1v) is 7.52. The number of carbonyl (C=O) groups excluding carboxylic acids is 2. The molecule has 0 saturated heterocycles. The summed E-state index contributed by atoms with van der Waals surface area (Å²) in [5.74, 6) is -0.928. The topological polar surface area (TPSA) is 38.0 Å². The Labute approximate surface area is 139 Å². The molecule has 1 aromatic heterocycles. The summed E-state index contributed by atoms with van der Waals surface area (Å²) < 4.78 is 15.2. The first-order chi connectivity index (χ1) is 11.6. The minimum Gasteiger partial charge on any atom is -0.289 e. The third-order valence-corrected chi connectivity index (χ3v) is 3.69. The normalized spacial score (nSPS) is 10.4. The third kappa shape index (κ3) is 3.43. The van der Waals surface area contributed by atoms with Gasteiger partial charge in [0.2, 0.25) is 12.3 Å². The lowest BCUT2D eigenvalue weighted by molar-refractivity contribution is -0.683. The fourth-order valence-corrected chi connectivity index (χ4v) is 2.41. The van der Waals surface area contributed by atoms with Crippen LogP contribution in [0.2, 0.25) is 0 Å². The average Bonchev–Trinajstić information content (AvgIpc) is 2.63. The van der Waals surface area contributed by atoms with Crippen LogP contribution in [0.4, 0.5) is 4.39 Å². The monoisotopic (exact) mass is 320 g/mol. The predicted octanol–water partition coefficient (Wildman–Crippen LogP) is 3.23. The van der Waals surface area contributed by atoms with Crippen LogP contribution in [0.15, 0.2) is 79.1 Å². The number of benzene rings is 2. The molecule has 118 valence electrons. The standard InChI is InChI=1S/C20H15FNO2/c21-18-9-5-4-8-17(18)19(23)14-22-12-10-16(11-13-22)20(24)15-6-2-1-3-7-15/h1-13H,14H2/q+1. The molecule has 0 aliphatic rings. The van der Waals surface area contributed by atoms with E-state index < -0.39 is 5.82 Å². The molecule has 0 amide bonds. The number of nitrogens with zero attached hydrogens (tertiary/aromatic N) is 1. The van der Waals surface area contributed by atoms with Gasteiger partial charge in [0.15, 0.2) is 18.2 Å². The van der Waals surface area contributed by atoms with E-state index in [-0.39, 0.29) is 23.7 Å². The van der Waals surface area contributed by atoms with Gasteiger partial charge in [-0.1, -0.05) is 42.5 Å². The van der Waals surface area contributed by atoms with Crippen LogP contribution in [0.25, 0.3) is 0 Å². The van der Waals surface area contributed by atoms with E-state index >= 15 is 0 Å². The SMILES string of the molecule is O=C(c1ccccc1)c1cc[n+](CC(=O)c2ccccc2F)cc1. The van der Waals surface area contributed by atoms with Crippen LogP contribution in [-0.2, 0) is 6.54 Å². The molecule has 0 aliphatic carbocycles. The van der Waals surface area contributed by atoms with E-state index in [0.29, 0.717) is 11.1 Å². The molecule has 0 radical (unpaired) electrons. The second kappa shape index (κ2) is 6.96. The molecule has 0 atom stereocenters. The molecule has 3 nitrogen and oxygen atoms in total. The van der Waals surface area contributed by atoms with Gasteiger partial charge in [0.05, 0.1) is 5.56 Å². The first-order valence-electron chi connectivity index (χ1n) is 7.52. The molecule has 4 heteroatoms. The molecular formula is C20H15FNO2+. The summed E-state index contributed by atoms with van der Waals surface area (Å²) in [4.78, 5) is 24.5. The molecule has 2 aromatic carbocycles. The maximum absolute atomic E-state index is 13.6. The van der Waals surface area contributed by atoms with E-state index in [4.69, 9.17) is 0 Å². The van der Waals surface area contributed by atoms with Gasteiger partial charge >= 0.3 is 0 Å². The summed E-state index contributed by atoms with van der Waals surface area (Å²) in [6, 6.07) is 18.2. The molecular weight excluding hydrogens is 305 g/mol. The molecule has 0 bridgehead atoms. The van der Waals surface area contributed by atoms with Gasteiger partial charge in [0.1, 0.15) is 5.82 Å². The lowest BCUT2D eigenvalue weighted by atomic mass is 10.0. The number of rotatable bonds is 5. The van der Waals surface area contributed by atoms with Crippen molar-refractivity contribution in [3.05, 3.63) is 102 Å². The second-order valence-electron chi connectivity index (χ2n) is 5.36. The van der Waals surface area contributed by atoms with Crippen LogP contribution >= 0.6 is 0 Å². The van der Waals surface area contributed by atoms with Crippen molar-refractivity contribution in [2.24, 2.45) is 0 Å². The zero-order valence-electron chi connectivity index (χ0n) is 12.9. The number of hydrogen-bond donors (Lipinski definition) is 0. The second-order valence-corrected chi connectivity index (χ2v) is 5.36. The largest absolute Gasteiger partial charge is 0.289 e. The lowest BCUT2D eigenvalue weighted by Gasteiger charge is -2.02. The van der Waals surface area contributed by atoms with E-state index in [1.807, 2.05) is 18.2 Å². The highest BCUT2D eigenvalue weighted by atomic mass is 19.1. The Morgan fingerprint density at radius 3 is 2.04 bits per heavy atom. The summed E-state index contributed by atoms with van der Waals surface area (Å²) in [5, 5.41) is 0. The maximum atomic E-state index is 13.6. The zero-order valence-corrected chi connectivity index (χ0v) is 12.9. The highest BCUT2D eigenvalue weighted by Crippen LogP contribution is 2.09. The molecule has 0 N–H and O–H groups in total. The van der Waals surface area contributed by atoms with Gasteiger partial charge in [0.25, 0.3) is 0 Å². The molecule has 0 saturated carbocycles. The number of carbonyl (C=O) groups is 2. The Hall–Kier alpha value is -3.14. The van der Waals surface area contributed by atoms with Crippen LogP contribution in [-0.4, -0.2) is 11.6 Å². The fraction of sp³-hybridized carbons (Fsp3) is 0.0500. The van der Waals surface area contributed by atoms with Crippen LogP contribution < -0.4 is 4.57 Å². The Balaban J connectivity index is 1.74. The summed E-state index contributed by atoms with van der Waals surface area (Å²) in [7, 11) is 0. The van der Waals surface area contributed by atoms with E-state index in [2.05, 4.69) is 0 Å². The minimum atomic E-state index is -0.529. The van der Waals surface area contributed by atoms with Crippen LogP contribution in [0.5, 0.6) is 0 Å². The Morgan fingerprint density at radius 1 is 0.792 bits per heavy atom. The summed E-state index contributed by atoms with van der Waals surface area (Å²) in [6.07, 6.45) is 3.30. The number of aromatic nitrogens is 1. The summed E-state index contributed by atoms with van der Waals surface area (Å²) in [5.41, 5.74) is 1.21. The molecule has 3 rings (SSSR count). The predicted molar refractivity (Wildman–Crippen MR) is 87.2 cm³/mol. The number of ketones is 2. The zero-order chi connectivity index (χ0) is 16.9. The van der Waals surface area contributed by atoms with Crippen molar-refractivity contribution in [2.75, 3.05) is 0 Å². The maximum Gasteiger partial charge on any atom is 0.230 e. The highest BCUT2D eigenvalue weighted by molar-refractivity contribution is 6.08. The molecule has 24 heavy (non-hydrogen) atoms. The van der Waals surface area contributed by atoms with Gasteiger partial charge in [-0.2, -0.15) is 4.57 Å². The molecule has 0 aliphatic heterocycles. The number of Topliss-reactive ketones (excluding diaryl/α,β-unsaturated/α-hetero) is 1. The van der Waals surface area contributed by atoms with Gasteiger partial charge in [-0.3, -0.25) is 9.59 Å². The van der Waals surface area contributed by atoms with E-state index in [9.17, 15) is 14.0 Å². The van der Waals surface area contributed by atoms with Crippen molar-refractivity contribution >= 4 is 11.6 Å². The van der Waals surface area contributed by atoms with E-state index in [0.717, 1.165) is 0 Å². The first kappa shape index (κ1) is 15.7. The molecule has 3 aromatic rings. The average molecular weight is 320 g/mol. The van der Waals surface area contributed by atoms with Crippen molar-refractivity contribution in [3.63, 3.8) is 0 Å². The van der Waals surface area contributed by atoms with Crippen molar-refractivity contribution in [2.45, 2.75) is 6.54 Å². The fourth-order valence-electron chi connectivity index (χ4n) is 2.41. The van der Waals surface area contributed by atoms with Crippen LogP contribution in [0.1, 0.15) is 26.3 Å². The van der Waals surface area contributed by atoms with Crippen LogP contribution in [0.3, 0.4) is 0 Å². The van der Waals surface area contributed by atoms with E-state index in [1.165, 1.54) is 12.1 Å². The van der Waals surface area contributed by atoms with Crippen molar-refractivity contribution in [3.8, 4) is 0 Å². The quantitative estimate of drug-likeness (QED) is 0.535. The van der Waals surface area contributed by atoms with Crippen molar-refractivity contribution < 1.29 is 18.5 Å². The lowest BCUT2D eigenvalue weighted by Crippen LogP contribution is -2.37. The number of halogens is 1. The minimum absolute atomic E-state index is 0.0146. The van der Waals surface area contributed by atoms with Crippen molar-refractivity contribution in [1.82, 2.24) is 0 Å². The number of pyridine rings is 1. The Bertz CT molecular complexity index is 874. The Kier molecular flexibility index (Phi) is 4.57. The third-order valence-electron chi connectivity index (χ3n) is 3.69. The van der Waals surface area contributed by atoms with Gasteiger partial charge in [-0.15, -0.1) is 0 Å². The van der Waals surface area contributed by atoms with Crippen LogP contribution in [0, 0.1) is 5.82 Å². The van der Waals surface area contributed by atoms with Gasteiger partial charge < -0.3 is 0 Å².